The first-order valence-corrected chi connectivity index (χ1v) is 7.55. The number of benzene rings is 1. The average molecular weight is 260 g/mol. The van der Waals surface area contributed by atoms with E-state index >= 15 is 0 Å². The van der Waals surface area contributed by atoms with Crippen molar-refractivity contribution in [1.29, 1.82) is 0 Å². The molecule has 1 N–H and O–H groups in total. The van der Waals surface area contributed by atoms with Gasteiger partial charge in [-0.2, -0.15) is 0 Å². The Hall–Kier alpha value is -1.22. The largest absolute Gasteiger partial charge is 0.491 e. The highest BCUT2D eigenvalue weighted by Crippen LogP contribution is 2.32. The molecule has 3 rings (SSSR count). The Morgan fingerprint density at radius 1 is 1.37 bits per heavy atom. The molecule has 1 fully saturated rings. The van der Waals surface area contributed by atoms with Gasteiger partial charge in [-0.25, -0.2) is 0 Å². The Morgan fingerprint density at radius 2 is 2.21 bits per heavy atom. The Bertz CT molecular complexity index is 417. The van der Waals surface area contributed by atoms with E-state index in [0.29, 0.717) is 6.04 Å². The first kappa shape index (κ1) is 12.8. The highest BCUT2D eigenvalue weighted by Gasteiger charge is 2.27. The monoisotopic (exact) mass is 260 g/mol. The molecule has 1 aliphatic carbocycles. The second-order valence-electron chi connectivity index (χ2n) is 5.74. The molecule has 0 radical (unpaired) electrons. The van der Waals surface area contributed by atoms with Crippen LogP contribution in [0, 0.1) is 5.92 Å². The van der Waals surface area contributed by atoms with Crippen LogP contribution >= 0.6 is 0 Å². The van der Waals surface area contributed by atoms with Gasteiger partial charge in [-0.15, -0.1) is 0 Å². The van der Waals surface area contributed by atoms with Crippen LogP contribution in [0.4, 0.5) is 5.69 Å². The summed E-state index contributed by atoms with van der Waals surface area (Å²) in [5.74, 6) is 1.97. The second kappa shape index (κ2) is 5.83. The van der Waals surface area contributed by atoms with Crippen molar-refractivity contribution in [2.75, 3.05) is 31.1 Å². The van der Waals surface area contributed by atoms with Gasteiger partial charge in [0.2, 0.25) is 0 Å². The Kier molecular flexibility index (Phi) is 3.92. The maximum atomic E-state index is 5.79. The Labute approximate surface area is 115 Å². The third-order valence-electron chi connectivity index (χ3n) is 4.21. The quantitative estimate of drug-likeness (QED) is 0.881. The van der Waals surface area contributed by atoms with Gasteiger partial charge in [0.1, 0.15) is 5.75 Å². The van der Waals surface area contributed by atoms with E-state index < -0.39 is 0 Å². The molecule has 0 aromatic heterocycles. The normalized spacial score (nSPS) is 20.4. The standard InChI is InChI=1S/C16H24N2O/c1-13(14-7-8-14)17-9-11-18-10-4-12-19-16-6-3-2-5-15(16)18/h2-3,5-6,13-14,17H,4,7-12H2,1H3. The second-order valence-corrected chi connectivity index (χ2v) is 5.74. The molecule has 1 atom stereocenters. The summed E-state index contributed by atoms with van der Waals surface area (Å²) in [6.07, 6.45) is 3.93. The summed E-state index contributed by atoms with van der Waals surface area (Å²) in [5.41, 5.74) is 1.25. The van der Waals surface area contributed by atoms with Crippen molar-refractivity contribution in [3.63, 3.8) is 0 Å². The molecule has 19 heavy (non-hydrogen) atoms. The van der Waals surface area contributed by atoms with Gasteiger partial charge in [-0.1, -0.05) is 12.1 Å². The molecule has 3 nitrogen and oxygen atoms in total. The molecule has 0 amide bonds. The predicted octanol–water partition coefficient (Wildman–Crippen LogP) is 2.66. The van der Waals surface area contributed by atoms with Crippen molar-refractivity contribution in [2.24, 2.45) is 5.92 Å². The fraction of sp³-hybridized carbons (Fsp3) is 0.625. The molecule has 1 saturated carbocycles. The molecule has 1 unspecified atom stereocenters. The first-order chi connectivity index (χ1) is 9.34. The number of para-hydroxylation sites is 2. The predicted molar refractivity (Wildman–Crippen MR) is 79.0 cm³/mol. The van der Waals surface area contributed by atoms with E-state index in [0.717, 1.165) is 44.3 Å². The van der Waals surface area contributed by atoms with Gasteiger partial charge < -0.3 is 15.0 Å². The van der Waals surface area contributed by atoms with Crippen LogP contribution in [0.2, 0.25) is 0 Å². The number of fused-ring (bicyclic) bond motifs is 1. The van der Waals surface area contributed by atoms with Crippen LogP contribution in [-0.2, 0) is 0 Å². The lowest BCUT2D eigenvalue weighted by Gasteiger charge is -2.25. The molecule has 0 spiro atoms. The Balaban J connectivity index is 1.57. The molecule has 0 saturated heterocycles. The first-order valence-electron chi connectivity index (χ1n) is 7.55. The smallest absolute Gasteiger partial charge is 0.142 e. The van der Waals surface area contributed by atoms with E-state index in [1.165, 1.54) is 18.5 Å². The third-order valence-corrected chi connectivity index (χ3v) is 4.21. The molecular weight excluding hydrogens is 236 g/mol. The van der Waals surface area contributed by atoms with Crippen molar-refractivity contribution < 1.29 is 4.74 Å². The molecular formula is C16H24N2O. The van der Waals surface area contributed by atoms with E-state index in [9.17, 15) is 0 Å². The van der Waals surface area contributed by atoms with E-state index in [1.807, 2.05) is 0 Å². The number of hydrogen-bond acceptors (Lipinski definition) is 3. The van der Waals surface area contributed by atoms with Crippen molar-refractivity contribution in [3.05, 3.63) is 24.3 Å². The van der Waals surface area contributed by atoms with Crippen molar-refractivity contribution >= 4 is 5.69 Å². The zero-order valence-corrected chi connectivity index (χ0v) is 11.8. The maximum absolute atomic E-state index is 5.79. The molecule has 1 aliphatic heterocycles. The van der Waals surface area contributed by atoms with Gasteiger partial charge in [0.25, 0.3) is 0 Å². The minimum atomic E-state index is 0.679. The van der Waals surface area contributed by atoms with Crippen LogP contribution in [0.25, 0.3) is 0 Å². The van der Waals surface area contributed by atoms with Crippen molar-refractivity contribution in [2.45, 2.75) is 32.2 Å². The maximum Gasteiger partial charge on any atom is 0.142 e. The summed E-state index contributed by atoms with van der Waals surface area (Å²) in [7, 11) is 0. The van der Waals surface area contributed by atoms with Crippen LogP contribution < -0.4 is 15.0 Å². The van der Waals surface area contributed by atoms with E-state index in [1.54, 1.807) is 0 Å². The van der Waals surface area contributed by atoms with Crippen LogP contribution in [-0.4, -0.2) is 32.3 Å². The van der Waals surface area contributed by atoms with Gasteiger partial charge in [0, 0.05) is 25.7 Å². The van der Waals surface area contributed by atoms with Gasteiger partial charge >= 0.3 is 0 Å². The number of nitrogens with one attached hydrogen (secondary N) is 1. The summed E-state index contributed by atoms with van der Waals surface area (Å²) in [6.45, 7) is 6.37. The lowest BCUT2D eigenvalue weighted by Crippen LogP contribution is -2.37. The van der Waals surface area contributed by atoms with Crippen LogP contribution in [0.15, 0.2) is 24.3 Å². The van der Waals surface area contributed by atoms with E-state index in [4.69, 9.17) is 4.74 Å². The highest BCUT2D eigenvalue weighted by atomic mass is 16.5. The molecule has 3 heteroatoms. The number of ether oxygens (including phenoxy) is 1. The van der Waals surface area contributed by atoms with Gasteiger partial charge in [0.05, 0.1) is 12.3 Å². The average Bonchev–Trinajstić information content (AvgIpc) is 3.26. The Morgan fingerprint density at radius 3 is 3.05 bits per heavy atom. The molecule has 1 heterocycles. The fourth-order valence-corrected chi connectivity index (χ4v) is 2.82. The minimum Gasteiger partial charge on any atom is -0.491 e. The SMILES string of the molecule is CC(NCCN1CCCOc2ccccc21)C1CC1. The molecule has 0 bridgehead atoms. The zero-order valence-electron chi connectivity index (χ0n) is 11.8. The van der Waals surface area contributed by atoms with E-state index in [2.05, 4.69) is 41.4 Å². The summed E-state index contributed by atoms with van der Waals surface area (Å²) in [5, 5.41) is 3.66. The molecule has 1 aromatic carbocycles. The lowest BCUT2D eigenvalue weighted by atomic mass is 10.2. The highest BCUT2D eigenvalue weighted by molar-refractivity contribution is 5.58. The zero-order chi connectivity index (χ0) is 13.1. The molecule has 1 aromatic rings. The lowest BCUT2D eigenvalue weighted by molar-refractivity contribution is 0.322. The number of rotatable bonds is 5. The van der Waals surface area contributed by atoms with Crippen LogP contribution in [0.5, 0.6) is 5.75 Å². The van der Waals surface area contributed by atoms with Gasteiger partial charge in [-0.3, -0.25) is 0 Å². The number of nitrogens with zero attached hydrogens (tertiary/aromatic N) is 1. The summed E-state index contributed by atoms with van der Waals surface area (Å²) < 4.78 is 5.79. The van der Waals surface area contributed by atoms with Crippen LogP contribution in [0.3, 0.4) is 0 Å². The van der Waals surface area contributed by atoms with E-state index in [-0.39, 0.29) is 0 Å². The van der Waals surface area contributed by atoms with Crippen molar-refractivity contribution in [1.82, 2.24) is 5.32 Å². The topological polar surface area (TPSA) is 24.5 Å². The summed E-state index contributed by atoms with van der Waals surface area (Å²) in [4.78, 5) is 2.45. The van der Waals surface area contributed by atoms with Crippen molar-refractivity contribution in [3.8, 4) is 5.75 Å². The number of anilines is 1. The van der Waals surface area contributed by atoms with Gasteiger partial charge in [-0.05, 0) is 44.2 Å². The third kappa shape index (κ3) is 3.21. The number of hydrogen-bond donors (Lipinski definition) is 1. The van der Waals surface area contributed by atoms with Crippen LogP contribution in [0.1, 0.15) is 26.2 Å². The molecule has 104 valence electrons. The fourth-order valence-electron chi connectivity index (χ4n) is 2.82. The summed E-state index contributed by atoms with van der Waals surface area (Å²) >= 11 is 0. The van der Waals surface area contributed by atoms with Gasteiger partial charge in [0.15, 0.2) is 0 Å². The molecule has 2 aliphatic rings. The summed E-state index contributed by atoms with van der Waals surface area (Å²) in [6, 6.07) is 9.08. The minimum absolute atomic E-state index is 0.679.